The number of hydrogen-bond acceptors (Lipinski definition) is 10. The molecule has 3 aromatic rings. The van der Waals surface area contributed by atoms with E-state index in [2.05, 4.69) is 10.0 Å². The molecule has 1 saturated heterocycles. The molecule has 0 unspecified atom stereocenters. The number of carbonyl (C=O) groups excluding carboxylic acids is 2. The monoisotopic (exact) mass is 582 g/mol. The molecule has 41 heavy (non-hydrogen) atoms. The van der Waals surface area contributed by atoms with E-state index < -0.39 is 45.8 Å². The normalized spacial score (nSPS) is 22.2. The van der Waals surface area contributed by atoms with E-state index in [0.717, 1.165) is 0 Å². The van der Waals surface area contributed by atoms with Crippen LogP contribution in [0.3, 0.4) is 0 Å². The van der Waals surface area contributed by atoms with Gasteiger partial charge in [-0.3, -0.25) is 4.79 Å². The summed E-state index contributed by atoms with van der Waals surface area (Å²) in [5.41, 5.74) is 1.82. The van der Waals surface area contributed by atoms with Gasteiger partial charge in [-0.2, -0.15) is 0 Å². The molecule has 214 valence electrons. The molecule has 2 aliphatic heterocycles. The lowest BCUT2D eigenvalue weighted by molar-refractivity contribution is -0.141. The molecule has 1 fully saturated rings. The minimum absolute atomic E-state index is 0.00739. The fourth-order valence-corrected chi connectivity index (χ4v) is 6.73. The molecule has 1 aliphatic carbocycles. The highest BCUT2D eigenvalue weighted by atomic mass is 32.2. The molecule has 12 nitrogen and oxygen atoms in total. The van der Waals surface area contributed by atoms with Crippen LogP contribution in [0.25, 0.3) is 0 Å². The van der Waals surface area contributed by atoms with E-state index in [0.29, 0.717) is 28.2 Å². The summed E-state index contributed by atoms with van der Waals surface area (Å²) in [6, 6.07) is 12.4. The summed E-state index contributed by atoms with van der Waals surface area (Å²) in [5.74, 6) is -1.46. The molecule has 3 aromatic carbocycles. The Morgan fingerprint density at radius 2 is 1.59 bits per heavy atom. The van der Waals surface area contributed by atoms with Crippen LogP contribution < -0.4 is 29.0 Å². The van der Waals surface area contributed by atoms with Gasteiger partial charge in [-0.25, -0.2) is 17.9 Å². The van der Waals surface area contributed by atoms with Gasteiger partial charge in [0.2, 0.25) is 12.5 Å². The highest BCUT2D eigenvalue weighted by Crippen LogP contribution is 2.55. The maximum Gasteiger partial charge on any atom is 0.329 e. The number of rotatable bonds is 6. The number of phenolic OH excluding ortho intramolecular Hbond substituents is 1. The van der Waals surface area contributed by atoms with Crippen molar-refractivity contribution in [2.45, 2.75) is 16.9 Å². The van der Waals surface area contributed by atoms with Crippen molar-refractivity contribution >= 4 is 22.0 Å². The first-order valence-electron chi connectivity index (χ1n) is 12.6. The van der Waals surface area contributed by atoms with Gasteiger partial charge in [0.05, 0.1) is 37.7 Å². The third kappa shape index (κ3) is 4.51. The van der Waals surface area contributed by atoms with Crippen molar-refractivity contribution in [1.82, 2.24) is 10.0 Å². The van der Waals surface area contributed by atoms with Gasteiger partial charge in [0.1, 0.15) is 0 Å². The van der Waals surface area contributed by atoms with E-state index in [9.17, 15) is 23.1 Å². The van der Waals surface area contributed by atoms with Crippen LogP contribution in [0.4, 0.5) is 4.79 Å². The summed E-state index contributed by atoms with van der Waals surface area (Å²) in [4.78, 5) is 26.3. The molecule has 0 radical (unpaired) electrons. The van der Waals surface area contributed by atoms with Gasteiger partial charge < -0.3 is 34.1 Å². The fraction of sp³-hybridized carbons (Fsp3) is 0.286. The van der Waals surface area contributed by atoms with Crippen LogP contribution in [-0.2, 0) is 19.6 Å². The number of cyclic esters (lactones) is 1. The van der Waals surface area contributed by atoms with Crippen molar-refractivity contribution in [2.24, 2.45) is 11.8 Å². The maximum absolute atomic E-state index is 13.2. The van der Waals surface area contributed by atoms with Gasteiger partial charge in [-0.1, -0.05) is 18.2 Å². The molecular weight excluding hydrogens is 556 g/mol. The number of methoxy groups -OCH3 is 2. The zero-order valence-corrected chi connectivity index (χ0v) is 22.8. The number of esters is 1. The Morgan fingerprint density at radius 3 is 2.22 bits per heavy atom. The Morgan fingerprint density at radius 1 is 0.951 bits per heavy atom. The van der Waals surface area contributed by atoms with Crippen LogP contribution in [0.15, 0.2) is 59.5 Å². The summed E-state index contributed by atoms with van der Waals surface area (Å²) in [7, 11) is -1.35. The van der Waals surface area contributed by atoms with Crippen molar-refractivity contribution in [1.29, 1.82) is 0 Å². The number of ether oxygens (including phenoxy) is 5. The molecule has 6 rings (SSSR count). The summed E-state index contributed by atoms with van der Waals surface area (Å²) in [6.45, 7) is -0.0246. The first-order valence-corrected chi connectivity index (χ1v) is 14.1. The number of urea groups is 1. The average Bonchev–Trinajstić information content (AvgIpc) is 3.59. The number of carbonyl (C=O) groups is 2. The summed E-state index contributed by atoms with van der Waals surface area (Å²) >= 11 is 0. The number of nitrogens with one attached hydrogen (secondary N) is 2. The Balaban J connectivity index is 1.44. The molecular formula is C28H26N2O10S. The Hall–Kier alpha value is -4.65. The zero-order valence-electron chi connectivity index (χ0n) is 21.9. The van der Waals surface area contributed by atoms with E-state index in [1.807, 2.05) is 0 Å². The number of amides is 2. The lowest BCUT2D eigenvalue weighted by atomic mass is 9.65. The van der Waals surface area contributed by atoms with Crippen LogP contribution in [0.1, 0.15) is 28.7 Å². The summed E-state index contributed by atoms with van der Waals surface area (Å²) < 4.78 is 55.1. The highest BCUT2D eigenvalue weighted by Gasteiger charge is 2.53. The van der Waals surface area contributed by atoms with Crippen LogP contribution in [0.2, 0.25) is 0 Å². The van der Waals surface area contributed by atoms with Crippen molar-refractivity contribution in [3.8, 4) is 28.7 Å². The molecule has 3 aliphatic rings. The highest BCUT2D eigenvalue weighted by molar-refractivity contribution is 7.90. The van der Waals surface area contributed by atoms with E-state index >= 15 is 0 Å². The third-order valence-corrected chi connectivity index (χ3v) is 8.96. The standard InChI is InChI=1S/C28H26N2O10S/c1-36-21-8-14(9-22(37-2)26(21)31)23-16-10-19-20(40-13-39-19)11-17(16)25(18-12-38-27(32)24(18)23)29-28(33)30-41(34,35)15-6-4-3-5-7-15/h3-11,18,23-25,31H,12-13H2,1-2H3,(H2,29,30,33)/t18-,23+,24-,25+/m0/s1. The third-order valence-electron chi connectivity index (χ3n) is 7.62. The smallest absolute Gasteiger partial charge is 0.329 e. The largest absolute Gasteiger partial charge is 0.502 e. The van der Waals surface area contributed by atoms with Crippen LogP contribution in [-0.4, -0.2) is 53.1 Å². The van der Waals surface area contributed by atoms with Gasteiger partial charge in [0.15, 0.2) is 23.0 Å². The Labute approximate surface area is 235 Å². The van der Waals surface area contributed by atoms with Gasteiger partial charge in [-0.05, 0) is 53.1 Å². The molecule has 0 spiro atoms. The van der Waals surface area contributed by atoms with Crippen molar-refractivity contribution in [3.05, 3.63) is 71.3 Å². The minimum atomic E-state index is -4.16. The molecule has 2 heterocycles. The van der Waals surface area contributed by atoms with Gasteiger partial charge in [0, 0.05) is 11.8 Å². The molecule has 2 amide bonds. The van der Waals surface area contributed by atoms with Crippen LogP contribution in [0.5, 0.6) is 28.7 Å². The van der Waals surface area contributed by atoms with E-state index in [-0.39, 0.29) is 35.5 Å². The second-order valence-electron chi connectivity index (χ2n) is 9.78. The number of hydrogen-bond donors (Lipinski definition) is 3. The number of benzene rings is 3. The SMILES string of the molecule is COc1cc([C@@H]2c3cc4c(cc3[C@@H](NC(=O)NS(=O)(=O)c3ccccc3)[C@H]3COC(=O)[C@H]23)OCO4)cc(OC)c1O. The van der Waals surface area contributed by atoms with E-state index in [1.165, 1.54) is 26.4 Å². The topological polar surface area (TPSA) is 159 Å². The zero-order chi connectivity index (χ0) is 28.9. The Bertz CT molecular complexity index is 1620. The van der Waals surface area contributed by atoms with E-state index in [4.69, 9.17) is 23.7 Å². The quantitative estimate of drug-likeness (QED) is 0.369. The fourth-order valence-electron chi connectivity index (χ4n) is 5.79. The van der Waals surface area contributed by atoms with Crippen molar-refractivity contribution < 1.29 is 46.8 Å². The molecule has 3 N–H and O–H groups in total. The molecule has 0 aromatic heterocycles. The van der Waals surface area contributed by atoms with Gasteiger partial charge >= 0.3 is 12.0 Å². The number of phenols is 1. The second-order valence-corrected chi connectivity index (χ2v) is 11.5. The number of aromatic hydroxyl groups is 1. The maximum atomic E-state index is 13.2. The van der Waals surface area contributed by atoms with Gasteiger partial charge in [0.25, 0.3) is 10.0 Å². The summed E-state index contributed by atoms with van der Waals surface area (Å²) in [6.07, 6.45) is 0. The minimum Gasteiger partial charge on any atom is -0.502 e. The van der Waals surface area contributed by atoms with Crippen molar-refractivity contribution in [3.63, 3.8) is 0 Å². The molecule has 0 bridgehead atoms. The first kappa shape index (κ1) is 26.6. The predicted octanol–water partition coefficient (Wildman–Crippen LogP) is 2.80. The predicted molar refractivity (Wildman–Crippen MR) is 142 cm³/mol. The lowest BCUT2D eigenvalue weighted by Crippen LogP contribution is -2.47. The number of fused-ring (bicyclic) bond motifs is 3. The van der Waals surface area contributed by atoms with Gasteiger partial charge in [-0.15, -0.1) is 0 Å². The average molecular weight is 583 g/mol. The Kier molecular flexibility index (Phi) is 6.53. The molecule has 4 atom stereocenters. The second kappa shape index (κ2) is 10.1. The first-order chi connectivity index (χ1) is 19.7. The number of sulfonamides is 1. The van der Waals surface area contributed by atoms with Crippen LogP contribution in [0, 0.1) is 11.8 Å². The van der Waals surface area contributed by atoms with Crippen molar-refractivity contribution in [2.75, 3.05) is 27.6 Å². The molecule has 13 heteroatoms. The summed E-state index contributed by atoms with van der Waals surface area (Å²) in [5, 5.41) is 13.3. The van der Waals surface area contributed by atoms with E-state index in [1.54, 1.807) is 42.5 Å². The van der Waals surface area contributed by atoms with Crippen LogP contribution >= 0.6 is 0 Å². The molecule has 0 saturated carbocycles. The lowest BCUT2D eigenvalue weighted by Gasteiger charge is -2.39.